The fraction of sp³-hybridized carbons (Fsp3) is 0.429. The molecule has 1 atom stereocenters. The van der Waals surface area contributed by atoms with Crippen molar-refractivity contribution in [3.05, 3.63) is 34.9 Å². The number of hydrogen-bond donors (Lipinski definition) is 1. The molecule has 4 heteroatoms. The van der Waals surface area contributed by atoms with Crippen LogP contribution in [0.15, 0.2) is 18.2 Å². The van der Waals surface area contributed by atoms with E-state index in [1.165, 1.54) is 4.90 Å². The molecule has 4 nitrogen and oxygen atoms in total. The number of carbonyl (C=O) groups is 1. The van der Waals surface area contributed by atoms with Crippen LogP contribution in [0.5, 0.6) is 0 Å². The second kappa shape index (κ2) is 4.11. The maximum atomic E-state index is 12.5. The Hall–Kier alpha value is -1.86. The first-order valence-electron chi connectivity index (χ1n) is 5.87. The summed E-state index contributed by atoms with van der Waals surface area (Å²) in [6.07, 6.45) is 0. The largest absolute Gasteiger partial charge is 0.394 e. The predicted molar refractivity (Wildman–Crippen MR) is 66.9 cm³/mol. The van der Waals surface area contributed by atoms with Crippen molar-refractivity contribution in [2.45, 2.75) is 32.4 Å². The molecule has 0 saturated heterocycles. The van der Waals surface area contributed by atoms with E-state index in [2.05, 4.69) is 6.07 Å². The highest BCUT2D eigenvalue weighted by atomic mass is 16.3. The molecule has 1 aliphatic heterocycles. The Morgan fingerprint density at radius 2 is 2.17 bits per heavy atom. The van der Waals surface area contributed by atoms with Gasteiger partial charge in [0.15, 0.2) is 0 Å². The van der Waals surface area contributed by atoms with Crippen molar-refractivity contribution in [1.82, 2.24) is 4.90 Å². The maximum absolute atomic E-state index is 12.5. The summed E-state index contributed by atoms with van der Waals surface area (Å²) in [7, 11) is 0. The fourth-order valence-corrected chi connectivity index (χ4v) is 2.42. The molecule has 18 heavy (non-hydrogen) atoms. The first-order chi connectivity index (χ1) is 8.44. The summed E-state index contributed by atoms with van der Waals surface area (Å²) < 4.78 is 0. The first-order valence-corrected chi connectivity index (χ1v) is 5.87. The molecule has 0 bridgehead atoms. The molecule has 0 fully saturated rings. The van der Waals surface area contributed by atoms with E-state index < -0.39 is 11.6 Å². The topological polar surface area (TPSA) is 64.3 Å². The van der Waals surface area contributed by atoms with Gasteiger partial charge in [0.05, 0.1) is 18.2 Å². The highest BCUT2D eigenvalue weighted by Gasteiger charge is 2.44. The number of aliphatic hydroxyl groups excluding tert-OH is 1. The van der Waals surface area contributed by atoms with Gasteiger partial charge in [-0.15, -0.1) is 0 Å². The average Bonchev–Trinajstić information content (AvgIpc) is 2.64. The van der Waals surface area contributed by atoms with E-state index in [1.807, 2.05) is 25.1 Å². The number of amides is 1. The number of benzene rings is 1. The molecule has 1 aliphatic rings. The Morgan fingerprint density at radius 1 is 1.50 bits per heavy atom. The molecular formula is C14H16N2O2. The second-order valence-corrected chi connectivity index (χ2v) is 5.22. The third-order valence-corrected chi connectivity index (χ3v) is 3.45. The number of fused-ring (bicyclic) bond motifs is 1. The van der Waals surface area contributed by atoms with Gasteiger partial charge in [-0.1, -0.05) is 18.2 Å². The lowest BCUT2D eigenvalue weighted by Gasteiger charge is -2.36. The minimum absolute atomic E-state index is 0.172. The lowest BCUT2D eigenvalue weighted by Crippen LogP contribution is -2.48. The van der Waals surface area contributed by atoms with Crippen molar-refractivity contribution < 1.29 is 9.90 Å². The maximum Gasteiger partial charge on any atom is 0.256 e. The standard InChI is InChI=1S/C14H16N2O2/c1-9-5-4-6-10-11(7-15)16(13(18)12(9)10)14(2,3)8-17/h4-6,11,17H,8H2,1-3H3. The van der Waals surface area contributed by atoms with E-state index in [1.54, 1.807) is 13.8 Å². The second-order valence-electron chi connectivity index (χ2n) is 5.22. The molecule has 1 aromatic rings. The van der Waals surface area contributed by atoms with Crippen LogP contribution in [-0.4, -0.2) is 28.1 Å². The van der Waals surface area contributed by atoms with Crippen molar-refractivity contribution in [3.63, 3.8) is 0 Å². The summed E-state index contributed by atoms with van der Waals surface area (Å²) in [5, 5.41) is 18.8. The number of aliphatic hydroxyl groups is 1. The molecule has 0 aromatic heterocycles. The van der Waals surface area contributed by atoms with Gasteiger partial charge >= 0.3 is 0 Å². The summed E-state index contributed by atoms with van der Waals surface area (Å²) >= 11 is 0. The van der Waals surface area contributed by atoms with Crippen LogP contribution in [-0.2, 0) is 0 Å². The van der Waals surface area contributed by atoms with Crippen molar-refractivity contribution in [2.75, 3.05) is 6.61 Å². The highest BCUT2D eigenvalue weighted by molar-refractivity contribution is 6.01. The summed E-state index contributed by atoms with van der Waals surface area (Å²) in [4.78, 5) is 13.9. The zero-order chi connectivity index (χ0) is 13.5. The Morgan fingerprint density at radius 3 is 2.72 bits per heavy atom. The molecule has 2 rings (SSSR count). The van der Waals surface area contributed by atoms with Gasteiger partial charge in [0, 0.05) is 11.1 Å². The van der Waals surface area contributed by atoms with Gasteiger partial charge in [0.1, 0.15) is 6.04 Å². The van der Waals surface area contributed by atoms with Gasteiger partial charge in [-0.2, -0.15) is 5.26 Å². The third-order valence-electron chi connectivity index (χ3n) is 3.45. The van der Waals surface area contributed by atoms with Crippen LogP contribution in [0.3, 0.4) is 0 Å². The molecule has 1 N–H and O–H groups in total. The molecule has 1 heterocycles. The van der Waals surface area contributed by atoms with Gasteiger partial charge in [-0.3, -0.25) is 4.79 Å². The number of nitriles is 1. The normalized spacial score (nSPS) is 18.7. The van der Waals surface area contributed by atoms with Gasteiger partial charge < -0.3 is 10.0 Å². The van der Waals surface area contributed by atoms with Crippen molar-refractivity contribution in [1.29, 1.82) is 5.26 Å². The molecular weight excluding hydrogens is 228 g/mol. The number of nitrogens with zero attached hydrogens (tertiary/aromatic N) is 2. The molecule has 0 aliphatic carbocycles. The molecule has 0 radical (unpaired) electrons. The molecule has 1 unspecified atom stereocenters. The summed E-state index contributed by atoms with van der Waals surface area (Å²) in [6, 6.07) is 7.06. The predicted octanol–water partition coefficient (Wildman–Crippen LogP) is 1.79. The van der Waals surface area contributed by atoms with Gasteiger partial charge in [-0.25, -0.2) is 0 Å². The minimum atomic E-state index is -0.747. The van der Waals surface area contributed by atoms with E-state index in [0.717, 1.165) is 11.1 Å². The Labute approximate surface area is 106 Å². The van der Waals surface area contributed by atoms with Crippen molar-refractivity contribution in [2.24, 2.45) is 0 Å². The summed E-state index contributed by atoms with van der Waals surface area (Å²) in [5.41, 5.74) is 1.46. The average molecular weight is 244 g/mol. The Kier molecular flexibility index (Phi) is 2.88. The third kappa shape index (κ3) is 1.59. The Bertz CT molecular complexity index is 543. The van der Waals surface area contributed by atoms with Crippen LogP contribution < -0.4 is 0 Å². The minimum Gasteiger partial charge on any atom is -0.394 e. The van der Waals surface area contributed by atoms with E-state index in [9.17, 15) is 15.2 Å². The highest BCUT2D eigenvalue weighted by Crippen LogP contribution is 2.39. The van der Waals surface area contributed by atoms with Gasteiger partial charge in [0.25, 0.3) is 5.91 Å². The summed E-state index contributed by atoms with van der Waals surface area (Å²) in [6.45, 7) is 5.21. The number of aryl methyl sites for hydroxylation is 1. The molecule has 0 saturated carbocycles. The zero-order valence-electron chi connectivity index (χ0n) is 10.8. The van der Waals surface area contributed by atoms with Crippen LogP contribution >= 0.6 is 0 Å². The molecule has 0 spiro atoms. The van der Waals surface area contributed by atoms with Crippen LogP contribution in [0.1, 0.15) is 41.4 Å². The molecule has 1 amide bonds. The molecule has 94 valence electrons. The smallest absolute Gasteiger partial charge is 0.256 e. The number of rotatable bonds is 2. The molecule has 1 aromatic carbocycles. The SMILES string of the molecule is Cc1cccc2c1C(=O)N(C(C)(C)CO)C2C#N. The van der Waals surface area contributed by atoms with Crippen LogP contribution in [0.2, 0.25) is 0 Å². The van der Waals surface area contributed by atoms with Gasteiger partial charge in [-0.05, 0) is 26.3 Å². The Balaban J connectivity index is 2.61. The van der Waals surface area contributed by atoms with Crippen molar-refractivity contribution in [3.8, 4) is 6.07 Å². The lowest BCUT2D eigenvalue weighted by molar-refractivity contribution is 0.0337. The fourth-order valence-electron chi connectivity index (χ4n) is 2.42. The lowest BCUT2D eigenvalue weighted by atomic mass is 10.0. The summed E-state index contributed by atoms with van der Waals surface area (Å²) in [5.74, 6) is -0.172. The van der Waals surface area contributed by atoms with E-state index >= 15 is 0 Å². The van der Waals surface area contributed by atoms with E-state index in [4.69, 9.17) is 0 Å². The monoisotopic (exact) mass is 244 g/mol. The van der Waals surface area contributed by atoms with Crippen molar-refractivity contribution >= 4 is 5.91 Å². The van der Waals surface area contributed by atoms with Gasteiger partial charge in [0.2, 0.25) is 0 Å². The number of hydrogen-bond acceptors (Lipinski definition) is 3. The number of carbonyl (C=O) groups excluding carboxylic acids is 1. The quantitative estimate of drug-likeness (QED) is 0.862. The van der Waals surface area contributed by atoms with Crippen LogP contribution in [0.4, 0.5) is 0 Å². The van der Waals surface area contributed by atoms with Crippen LogP contribution in [0, 0.1) is 18.3 Å². The van der Waals surface area contributed by atoms with Crippen LogP contribution in [0.25, 0.3) is 0 Å². The zero-order valence-corrected chi connectivity index (χ0v) is 10.8. The van der Waals surface area contributed by atoms with E-state index in [0.29, 0.717) is 5.56 Å². The first kappa shape index (κ1) is 12.6. The van der Waals surface area contributed by atoms with E-state index in [-0.39, 0.29) is 12.5 Å².